The summed E-state index contributed by atoms with van der Waals surface area (Å²) in [5.41, 5.74) is 7.45. The van der Waals surface area contributed by atoms with Gasteiger partial charge in [-0.15, -0.1) is 0 Å². The first-order chi connectivity index (χ1) is 9.97. The summed E-state index contributed by atoms with van der Waals surface area (Å²) >= 11 is 0. The van der Waals surface area contributed by atoms with Crippen molar-refractivity contribution in [2.45, 2.75) is 37.0 Å². The van der Waals surface area contributed by atoms with Crippen LogP contribution in [0.1, 0.15) is 32.1 Å². The highest BCUT2D eigenvalue weighted by atomic mass is 32.2. The van der Waals surface area contributed by atoms with Gasteiger partial charge in [-0.3, -0.25) is 0 Å². The number of fused-ring (bicyclic) bond motifs is 1. The van der Waals surface area contributed by atoms with Crippen molar-refractivity contribution in [1.82, 2.24) is 0 Å². The van der Waals surface area contributed by atoms with Gasteiger partial charge < -0.3 is 10.6 Å². The molecule has 2 atom stereocenters. The average molecular weight is 308 g/mol. The van der Waals surface area contributed by atoms with E-state index in [1.165, 1.54) is 38.4 Å². The molecular formula is C16H24N2O2S. The third-order valence-electron chi connectivity index (χ3n) is 5.07. The van der Waals surface area contributed by atoms with E-state index in [0.29, 0.717) is 5.69 Å². The van der Waals surface area contributed by atoms with Crippen LogP contribution in [0.5, 0.6) is 0 Å². The highest BCUT2D eigenvalue weighted by Crippen LogP contribution is 2.39. The average Bonchev–Trinajstić information content (AvgIpc) is 2.46. The smallest absolute Gasteiger partial charge is 0.177 e. The third kappa shape index (κ3) is 2.89. The number of hydrogen-bond acceptors (Lipinski definition) is 4. The molecule has 0 aromatic heterocycles. The predicted octanol–water partition coefficient (Wildman–Crippen LogP) is 2.69. The number of nitrogen functional groups attached to an aromatic ring is 1. The Balaban J connectivity index is 1.88. The quantitative estimate of drug-likeness (QED) is 0.853. The fourth-order valence-corrected chi connectivity index (χ4v) is 4.78. The molecule has 2 fully saturated rings. The number of nitrogens with zero attached hydrogens (tertiary/aromatic N) is 1. The molecule has 1 saturated heterocycles. The molecule has 2 N–H and O–H groups in total. The first-order valence-electron chi connectivity index (χ1n) is 7.80. The normalized spacial score (nSPS) is 26.4. The molecule has 4 nitrogen and oxygen atoms in total. The molecule has 3 rings (SSSR count). The van der Waals surface area contributed by atoms with Crippen molar-refractivity contribution in [1.29, 1.82) is 0 Å². The highest BCUT2D eigenvalue weighted by Gasteiger charge is 2.32. The maximum atomic E-state index is 11.8. The van der Waals surface area contributed by atoms with E-state index in [1.54, 1.807) is 12.1 Å². The summed E-state index contributed by atoms with van der Waals surface area (Å²) in [4.78, 5) is 2.54. The molecule has 1 aliphatic carbocycles. The number of rotatable bonds is 2. The Morgan fingerprint density at radius 1 is 1.14 bits per heavy atom. The summed E-state index contributed by atoms with van der Waals surface area (Å²) in [7, 11) is -3.27. The van der Waals surface area contributed by atoms with Gasteiger partial charge in [-0.2, -0.15) is 0 Å². The van der Waals surface area contributed by atoms with Crippen molar-refractivity contribution in [2.75, 3.05) is 30.0 Å². The van der Waals surface area contributed by atoms with Crippen molar-refractivity contribution in [2.24, 2.45) is 11.8 Å². The second-order valence-electron chi connectivity index (χ2n) is 6.50. The van der Waals surface area contributed by atoms with Gasteiger partial charge in [0.2, 0.25) is 0 Å². The van der Waals surface area contributed by atoms with Crippen LogP contribution < -0.4 is 10.6 Å². The van der Waals surface area contributed by atoms with Gasteiger partial charge in [0.15, 0.2) is 9.84 Å². The molecule has 2 unspecified atom stereocenters. The standard InChI is InChI=1S/C16H24N2O2S/c1-21(19,20)15-8-4-7-14(16(15)17)18-10-9-12-5-2-3-6-13(12)11-18/h4,7-8,12-13H,2-3,5-6,9-11,17H2,1H3. The molecule has 1 heterocycles. The Morgan fingerprint density at radius 2 is 1.86 bits per heavy atom. The Morgan fingerprint density at radius 3 is 2.57 bits per heavy atom. The monoisotopic (exact) mass is 308 g/mol. The molecule has 1 aromatic carbocycles. The Hall–Kier alpha value is -1.23. The molecule has 0 bridgehead atoms. The molecule has 0 amide bonds. The maximum Gasteiger partial charge on any atom is 0.177 e. The van der Waals surface area contributed by atoms with E-state index in [0.717, 1.165) is 30.6 Å². The largest absolute Gasteiger partial charge is 0.396 e. The molecular weight excluding hydrogens is 284 g/mol. The second kappa shape index (κ2) is 5.52. The summed E-state index contributed by atoms with van der Waals surface area (Å²) in [6, 6.07) is 5.35. The fourth-order valence-electron chi connectivity index (χ4n) is 3.95. The lowest BCUT2D eigenvalue weighted by Crippen LogP contribution is -2.42. The molecule has 5 heteroatoms. The van der Waals surface area contributed by atoms with Crippen LogP contribution in [-0.4, -0.2) is 27.8 Å². The lowest BCUT2D eigenvalue weighted by atomic mass is 9.75. The van der Waals surface area contributed by atoms with Gasteiger partial charge in [-0.05, 0) is 36.8 Å². The van der Waals surface area contributed by atoms with Crippen LogP contribution in [0.3, 0.4) is 0 Å². The van der Waals surface area contributed by atoms with E-state index < -0.39 is 9.84 Å². The van der Waals surface area contributed by atoms with Crippen LogP contribution in [0, 0.1) is 11.8 Å². The van der Waals surface area contributed by atoms with E-state index >= 15 is 0 Å². The van der Waals surface area contributed by atoms with E-state index in [-0.39, 0.29) is 4.90 Å². The van der Waals surface area contributed by atoms with Crippen molar-refractivity contribution in [3.05, 3.63) is 18.2 Å². The van der Waals surface area contributed by atoms with Gasteiger partial charge >= 0.3 is 0 Å². The summed E-state index contributed by atoms with van der Waals surface area (Å²) in [6.07, 6.45) is 7.77. The molecule has 2 aliphatic rings. The number of benzene rings is 1. The van der Waals surface area contributed by atoms with Gasteiger partial charge in [0, 0.05) is 19.3 Å². The van der Waals surface area contributed by atoms with Gasteiger partial charge in [-0.1, -0.05) is 25.3 Å². The van der Waals surface area contributed by atoms with Gasteiger partial charge in [0.25, 0.3) is 0 Å². The van der Waals surface area contributed by atoms with Crippen LogP contribution in [0.15, 0.2) is 23.1 Å². The second-order valence-corrected chi connectivity index (χ2v) is 8.48. The number of para-hydroxylation sites is 1. The number of hydrogen-bond donors (Lipinski definition) is 1. The molecule has 1 aliphatic heterocycles. The Labute approximate surface area is 127 Å². The lowest BCUT2D eigenvalue weighted by molar-refractivity contribution is 0.202. The van der Waals surface area contributed by atoms with Crippen molar-refractivity contribution in [3.63, 3.8) is 0 Å². The number of sulfone groups is 1. The van der Waals surface area contributed by atoms with Crippen LogP contribution >= 0.6 is 0 Å². The summed E-state index contributed by atoms with van der Waals surface area (Å²) in [6.45, 7) is 2.00. The molecule has 0 radical (unpaired) electrons. The van der Waals surface area contributed by atoms with Crippen LogP contribution in [0.25, 0.3) is 0 Å². The van der Waals surface area contributed by atoms with E-state index in [9.17, 15) is 8.42 Å². The zero-order valence-electron chi connectivity index (χ0n) is 12.6. The SMILES string of the molecule is CS(=O)(=O)c1cccc(N2CCC3CCCCC3C2)c1N. The van der Waals surface area contributed by atoms with Gasteiger partial charge in [0.05, 0.1) is 16.3 Å². The molecule has 21 heavy (non-hydrogen) atoms. The van der Waals surface area contributed by atoms with E-state index in [4.69, 9.17) is 5.73 Å². The van der Waals surface area contributed by atoms with Crippen molar-refractivity contribution in [3.8, 4) is 0 Å². The number of nitrogens with two attached hydrogens (primary N) is 1. The van der Waals surface area contributed by atoms with Crippen molar-refractivity contribution >= 4 is 21.2 Å². The Kier molecular flexibility index (Phi) is 3.86. The van der Waals surface area contributed by atoms with Gasteiger partial charge in [-0.25, -0.2) is 8.42 Å². The maximum absolute atomic E-state index is 11.8. The van der Waals surface area contributed by atoms with Gasteiger partial charge in [0.1, 0.15) is 0 Å². The minimum absolute atomic E-state index is 0.255. The zero-order chi connectivity index (χ0) is 15.0. The topological polar surface area (TPSA) is 63.4 Å². The fraction of sp³-hybridized carbons (Fsp3) is 0.625. The van der Waals surface area contributed by atoms with E-state index in [2.05, 4.69) is 4.90 Å². The lowest BCUT2D eigenvalue weighted by Gasteiger charge is -2.42. The van der Waals surface area contributed by atoms with Crippen LogP contribution in [-0.2, 0) is 9.84 Å². The highest BCUT2D eigenvalue weighted by molar-refractivity contribution is 7.90. The molecule has 1 aromatic rings. The molecule has 0 spiro atoms. The predicted molar refractivity (Wildman–Crippen MR) is 86.2 cm³/mol. The third-order valence-corrected chi connectivity index (χ3v) is 6.23. The summed E-state index contributed by atoms with van der Waals surface area (Å²) in [5.74, 6) is 1.60. The zero-order valence-corrected chi connectivity index (χ0v) is 13.4. The summed E-state index contributed by atoms with van der Waals surface area (Å²) in [5, 5.41) is 0. The Bertz CT molecular complexity index is 627. The number of piperidine rings is 1. The first kappa shape index (κ1) is 14.7. The minimum atomic E-state index is -3.27. The van der Waals surface area contributed by atoms with Crippen LogP contribution in [0.4, 0.5) is 11.4 Å². The molecule has 116 valence electrons. The van der Waals surface area contributed by atoms with Crippen LogP contribution in [0.2, 0.25) is 0 Å². The summed E-state index contributed by atoms with van der Waals surface area (Å²) < 4.78 is 23.6. The van der Waals surface area contributed by atoms with E-state index in [1.807, 2.05) is 6.07 Å². The first-order valence-corrected chi connectivity index (χ1v) is 9.69. The minimum Gasteiger partial charge on any atom is -0.396 e. The number of anilines is 2. The van der Waals surface area contributed by atoms with Crippen molar-refractivity contribution < 1.29 is 8.42 Å². The molecule has 1 saturated carbocycles.